The van der Waals surface area contributed by atoms with Gasteiger partial charge < -0.3 is 14.2 Å². The van der Waals surface area contributed by atoms with Crippen LogP contribution >= 0.6 is 12.1 Å². The van der Waals surface area contributed by atoms with Crippen molar-refractivity contribution in [3.63, 3.8) is 0 Å². The lowest BCUT2D eigenvalue weighted by atomic mass is 10.0. The molecule has 136 valence electrons. The van der Waals surface area contributed by atoms with Crippen LogP contribution in [0.5, 0.6) is 11.5 Å². The number of benzene rings is 2. The van der Waals surface area contributed by atoms with E-state index in [0.29, 0.717) is 24.5 Å². The highest BCUT2D eigenvalue weighted by Crippen LogP contribution is 2.37. The smallest absolute Gasteiger partial charge is 0.416 e. The Hall–Kier alpha value is -2.71. The number of rotatable bonds is 7. The van der Waals surface area contributed by atoms with E-state index in [-0.39, 0.29) is 6.04 Å². The first-order valence-corrected chi connectivity index (χ1v) is 8.84. The first-order chi connectivity index (χ1) is 12.6. The van der Waals surface area contributed by atoms with Crippen LogP contribution in [-0.2, 0) is 11.3 Å². The van der Waals surface area contributed by atoms with Gasteiger partial charge in [-0.3, -0.25) is 9.69 Å². The molecule has 1 unspecified atom stereocenters. The highest BCUT2D eigenvalue weighted by atomic mass is 32.2. The maximum absolute atomic E-state index is 12.5. The molecular weight excluding hydrogens is 354 g/mol. The molecule has 0 radical (unpaired) electrons. The second-order valence-electron chi connectivity index (χ2n) is 5.69. The monoisotopic (exact) mass is 373 g/mol. The van der Waals surface area contributed by atoms with Crippen LogP contribution in [0.3, 0.4) is 0 Å². The molecule has 2 aromatic carbocycles. The molecule has 1 heterocycles. The summed E-state index contributed by atoms with van der Waals surface area (Å²) in [4.78, 5) is 24.6. The van der Waals surface area contributed by atoms with Crippen LogP contribution in [0.1, 0.15) is 24.1 Å². The molecule has 0 spiro atoms. The minimum absolute atomic E-state index is 0.167. The fourth-order valence-corrected chi connectivity index (χ4v) is 3.14. The quantitative estimate of drug-likeness (QED) is 0.568. The molecule has 0 aromatic heterocycles. The Morgan fingerprint density at radius 3 is 2.92 bits per heavy atom. The number of nitrogens with zero attached hydrogens (tertiary/aromatic N) is 1. The van der Waals surface area contributed by atoms with Crippen molar-refractivity contribution in [1.82, 2.24) is 9.62 Å². The lowest BCUT2D eigenvalue weighted by Crippen LogP contribution is -2.39. The Kier molecular flexibility index (Phi) is 5.65. The zero-order chi connectivity index (χ0) is 18.5. The molecule has 1 amide bonds. The number of carbonyl (C=O) groups excluding carboxylic acids is 2. The topological polar surface area (TPSA) is 79.9 Å². The van der Waals surface area contributed by atoms with Crippen molar-refractivity contribution < 1.29 is 19.1 Å². The molecule has 1 atom stereocenters. The summed E-state index contributed by atoms with van der Waals surface area (Å²) in [5.41, 5.74) is 2.79. The van der Waals surface area contributed by atoms with Crippen LogP contribution in [0.4, 0.5) is 10.5 Å². The van der Waals surface area contributed by atoms with Crippen molar-refractivity contribution in [2.24, 2.45) is 0 Å². The van der Waals surface area contributed by atoms with E-state index < -0.39 is 6.09 Å². The van der Waals surface area contributed by atoms with E-state index in [0.717, 1.165) is 16.8 Å². The van der Waals surface area contributed by atoms with Crippen LogP contribution < -0.4 is 18.9 Å². The van der Waals surface area contributed by atoms with Crippen molar-refractivity contribution in [2.45, 2.75) is 19.5 Å². The summed E-state index contributed by atoms with van der Waals surface area (Å²) in [6.45, 7) is 2.71. The third kappa shape index (κ3) is 3.92. The van der Waals surface area contributed by atoms with E-state index in [9.17, 15) is 9.59 Å². The molecule has 0 bridgehead atoms. The molecule has 2 aromatic rings. The maximum atomic E-state index is 12.5. The average molecular weight is 373 g/mol. The number of carbonyl (C=O) groups is 2. The average Bonchev–Trinajstić information content (AvgIpc) is 2.64. The molecule has 1 aliphatic heterocycles. The SMILES string of the molecule is CNSNc1cccc(CN2C(=O)Oc3cc(OC=O)ccc3C2C)c1. The fourth-order valence-electron chi connectivity index (χ4n) is 2.80. The number of ether oxygens (including phenoxy) is 2. The molecule has 8 heteroatoms. The molecule has 1 aliphatic rings. The fraction of sp³-hybridized carbons (Fsp3) is 0.222. The predicted octanol–water partition coefficient (Wildman–Crippen LogP) is 3.49. The van der Waals surface area contributed by atoms with Crippen LogP contribution in [0, 0.1) is 0 Å². The molecular formula is C18H19N3O4S. The summed E-state index contributed by atoms with van der Waals surface area (Å²) in [5.74, 6) is 0.756. The van der Waals surface area contributed by atoms with Gasteiger partial charge in [-0.05, 0) is 43.8 Å². The van der Waals surface area contributed by atoms with Gasteiger partial charge in [0, 0.05) is 36.0 Å². The van der Waals surface area contributed by atoms with Gasteiger partial charge in [0.25, 0.3) is 6.47 Å². The largest absolute Gasteiger partial charge is 0.429 e. The lowest BCUT2D eigenvalue weighted by molar-refractivity contribution is -0.120. The predicted molar refractivity (Wildman–Crippen MR) is 99.8 cm³/mol. The van der Waals surface area contributed by atoms with Crippen LogP contribution in [0.25, 0.3) is 0 Å². The Morgan fingerprint density at radius 2 is 2.15 bits per heavy atom. The minimum Gasteiger partial charge on any atom is -0.429 e. The van der Waals surface area contributed by atoms with Gasteiger partial charge in [-0.15, -0.1) is 0 Å². The van der Waals surface area contributed by atoms with E-state index in [1.807, 2.05) is 38.2 Å². The number of anilines is 1. The van der Waals surface area contributed by atoms with Crippen molar-refractivity contribution in [3.8, 4) is 11.5 Å². The molecule has 0 aliphatic carbocycles. The standard InChI is InChI=1S/C18H19N3O4S/c1-12-16-7-6-15(24-11-22)9-17(16)25-18(23)21(12)10-13-4-3-5-14(8-13)20-26-19-2/h3-9,11-12,19-20H,10H2,1-2H3. The normalized spacial score (nSPS) is 15.8. The molecule has 2 N–H and O–H groups in total. The van der Waals surface area contributed by atoms with Gasteiger partial charge in [0.2, 0.25) is 0 Å². The molecule has 0 saturated carbocycles. The number of fused-ring (bicyclic) bond motifs is 1. The van der Waals surface area contributed by atoms with Crippen molar-refractivity contribution >= 4 is 30.4 Å². The Bertz CT molecular complexity index is 815. The lowest BCUT2D eigenvalue weighted by Gasteiger charge is -2.34. The molecule has 0 saturated heterocycles. The number of hydrogen-bond acceptors (Lipinski definition) is 7. The van der Waals surface area contributed by atoms with E-state index in [1.165, 1.54) is 12.1 Å². The maximum Gasteiger partial charge on any atom is 0.416 e. The summed E-state index contributed by atoms with van der Waals surface area (Å²) in [6.07, 6.45) is -0.434. The van der Waals surface area contributed by atoms with Crippen molar-refractivity contribution in [2.75, 3.05) is 11.8 Å². The third-order valence-electron chi connectivity index (χ3n) is 4.07. The van der Waals surface area contributed by atoms with E-state index in [4.69, 9.17) is 9.47 Å². The van der Waals surface area contributed by atoms with Gasteiger partial charge in [0.15, 0.2) is 0 Å². The van der Waals surface area contributed by atoms with E-state index in [2.05, 4.69) is 9.44 Å². The van der Waals surface area contributed by atoms with Gasteiger partial charge in [0.1, 0.15) is 11.5 Å². The Morgan fingerprint density at radius 1 is 1.31 bits per heavy atom. The molecule has 3 rings (SSSR count). The van der Waals surface area contributed by atoms with Crippen LogP contribution in [0.2, 0.25) is 0 Å². The number of hydrogen-bond donors (Lipinski definition) is 2. The van der Waals surface area contributed by atoms with Gasteiger partial charge >= 0.3 is 6.09 Å². The van der Waals surface area contributed by atoms with Crippen LogP contribution in [-0.4, -0.2) is 24.5 Å². The molecule has 0 fully saturated rings. The first kappa shape index (κ1) is 18.1. The highest BCUT2D eigenvalue weighted by molar-refractivity contribution is 7.98. The van der Waals surface area contributed by atoms with Gasteiger partial charge in [-0.1, -0.05) is 12.1 Å². The number of nitrogens with one attached hydrogen (secondary N) is 2. The second-order valence-corrected chi connectivity index (χ2v) is 6.51. The summed E-state index contributed by atoms with van der Waals surface area (Å²) in [6, 6.07) is 12.7. The van der Waals surface area contributed by atoms with Crippen molar-refractivity contribution in [1.29, 1.82) is 0 Å². The van der Waals surface area contributed by atoms with E-state index in [1.54, 1.807) is 23.1 Å². The van der Waals surface area contributed by atoms with Gasteiger partial charge in [0.05, 0.1) is 6.04 Å². The summed E-state index contributed by atoms with van der Waals surface area (Å²) in [7, 11) is 1.83. The summed E-state index contributed by atoms with van der Waals surface area (Å²) < 4.78 is 16.3. The third-order valence-corrected chi connectivity index (χ3v) is 4.61. The zero-order valence-corrected chi connectivity index (χ0v) is 15.2. The minimum atomic E-state index is -0.434. The first-order valence-electron chi connectivity index (χ1n) is 8.02. The van der Waals surface area contributed by atoms with Crippen LogP contribution in [0.15, 0.2) is 42.5 Å². The second kappa shape index (κ2) is 8.11. The van der Waals surface area contributed by atoms with Gasteiger partial charge in [-0.25, -0.2) is 9.52 Å². The zero-order valence-electron chi connectivity index (χ0n) is 14.4. The number of amides is 1. The molecule has 26 heavy (non-hydrogen) atoms. The van der Waals surface area contributed by atoms with Gasteiger partial charge in [-0.2, -0.15) is 0 Å². The van der Waals surface area contributed by atoms with Crippen molar-refractivity contribution in [3.05, 3.63) is 53.6 Å². The summed E-state index contributed by atoms with van der Waals surface area (Å²) in [5, 5.41) is 0. The Labute approximate surface area is 155 Å². The molecule has 7 nitrogen and oxygen atoms in total. The summed E-state index contributed by atoms with van der Waals surface area (Å²) >= 11 is 1.37. The van der Waals surface area contributed by atoms with E-state index >= 15 is 0 Å². The Balaban J connectivity index is 1.79. The highest BCUT2D eigenvalue weighted by Gasteiger charge is 2.31.